The Balaban J connectivity index is 2.37. The first-order valence-corrected chi connectivity index (χ1v) is 5.47. The molecule has 0 amide bonds. The van der Waals surface area contributed by atoms with E-state index < -0.39 is 0 Å². The minimum Gasteiger partial charge on any atom is -0.337 e. The van der Waals surface area contributed by atoms with Crippen LogP contribution in [-0.2, 0) is 0 Å². The Morgan fingerprint density at radius 1 is 1.47 bits per heavy atom. The van der Waals surface area contributed by atoms with Crippen LogP contribution in [-0.4, -0.2) is 10.1 Å². The molecule has 0 aliphatic carbocycles. The van der Waals surface area contributed by atoms with E-state index in [0.717, 1.165) is 17.5 Å². The molecular formula is C12H14FN3O. The van der Waals surface area contributed by atoms with Crippen LogP contribution in [0.5, 0.6) is 0 Å². The highest BCUT2D eigenvalue weighted by molar-refractivity contribution is 5.59. The molecule has 0 aliphatic rings. The van der Waals surface area contributed by atoms with Crippen molar-refractivity contribution >= 4 is 0 Å². The summed E-state index contributed by atoms with van der Waals surface area (Å²) in [6, 6.07) is 4.19. The van der Waals surface area contributed by atoms with Crippen molar-refractivity contribution in [3.05, 3.63) is 35.5 Å². The van der Waals surface area contributed by atoms with Crippen LogP contribution in [0.4, 0.5) is 4.39 Å². The second kappa shape index (κ2) is 4.63. The lowest BCUT2D eigenvalue weighted by atomic mass is 10.1. The van der Waals surface area contributed by atoms with Gasteiger partial charge in [-0.25, -0.2) is 4.39 Å². The van der Waals surface area contributed by atoms with Gasteiger partial charge < -0.3 is 10.3 Å². The highest BCUT2D eigenvalue weighted by Gasteiger charge is 2.15. The molecule has 0 fully saturated rings. The lowest BCUT2D eigenvalue weighted by Gasteiger charge is -2.01. The van der Waals surface area contributed by atoms with E-state index in [-0.39, 0.29) is 11.9 Å². The number of aromatic nitrogens is 2. The third-order valence-corrected chi connectivity index (χ3v) is 2.63. The number of rotatable bonds is 3. The summed E-state index contributed by atoms with van der Waals surface area (Å²) in [5.41, 5.74) is 7.31. The van der Waals surface area contributed by atoms with Gasteiger partial charge in [-0.15, -0.1) is 0 Å². The summed E-state index contributed by atoms with van der Waals surface area (Å²) in [6.45, 7) is 3.74. The number of aryl methyl sites for hydroxylation is 1. The fourth-order valence-electron chi connectivity index (χ4n) is 1.55. The lowest BCUT2D eigenvalue weighted by Crippen LogP contribution is -2.08. The molecule has 2 N–H and O–H groups in total. The topological polar surface area (TPSA) is 64.9 Å². The molecule has 1 aromatic carbocycles. The summed E-state index contributed by atoms with van der Waals surface area (Å²) in [4.78, 5) is 4.22. The molecule has 1 aromatic heterocycles. The lowest BCUT2D eigenvalue weighted by molar-refractivity contribution is 0.352. The van der Waals surface area contributed by atoms with Gasteiger partial charge >= 0.3 is 0 Å². The van der Waals surface area contributed by atoms with Crippen LogP contribution in [0.15, 0.2) is 22.7 Å². The van der Waals surface area contributed by atoms with Gasteiger partial charge in [-0.1, -0.05) is 12.1 Å². The standard InChI is InChI=1S/C12H14FN3O/c1-3-10(14)12-15-11(16-17-12)9-5-4-8(13)6-7(9)2/h4-6,10H,3,14H2,1-2H3/t10-/m1/s1. The van der Waals surface area contributed by atoms with Gasteiger partial charge in [0.2, 0.25) is 11.7 Å². The number of benzene rings is 1. The van der Waals surface area contributed by atoms with Crippen molar-refractivity contribution in [3.8, 4) is 11.4 Å². The summed E-state index contributed by atoms with van der Waals surface area (Å²) >= 11 is 0. The maximum Gasteiger partial charge on any atom is 0.243 e. The van der Waals surface area contributed by atoms with Crippen LogP contribution in [0.25, 0.3) is 11.4 Å². The average Bonchev–Trinajstić information content (AvgIpc) is 2.77. The van der Waals surface area contributed by atoms with Gasteiger partial charge in [0.15, 0.2) is 0 Å². The molecule has 2 aromatic rings. The molecule has 0 radical (unpaired) electrons. The van der Waals surface area contributed by atoms with Crippen LogP contribution in [0.3, 0.4) is 0 Å². The molecule has 0 saturated heterocycles. The van der Waals surface area contributed by atoms with E-state index in [9.17, 15) is 4.39 Å². The van der Waals surface area contributed by atoms with E-state index in [4.69, 9.17) is 10.3 Å². The van der Waals surface area contributed by atoms with Crippen molar-refractivity contribution in [1.29, 1.82) is 0 Å². The molecule has 0 unspecified atom stereocenters. The highest BCUT2D eigenvalue weighted by Crippen LogP contribution is 2.22. The molecule has 0 bridgehead atoms. The van der Waals surface area contributed by atoms with E-state index >= 15 is 0 Å². The molecule has 1 heterocycles. The fraction of sp³-hybridized carbons (Fsp3) is 0.333. The Morgan fingerprint density at radius 3 is 2.88 bits per heavy atom. The minimum atomic E-state index is -0.278. The zero-order valence-corrected chi connectivity index (χ0v) is 9.77. The van der Waals surface area contributed by atoms with Crippen molar-refractivity contribution in [2.45, 2.75) is 26.3 Å². The fourth-order valence-corrected chi connectivity index (χ4v) is 1.55. The van der Waals surface area contributed by atoms with E-state index in [1.54, 1.807) is 13.0 Å². The first kappa shape index (κ1) is 11.7. The first-order chi connectivity index (χ1) is 8.11. The molecule has 5 heteroatoms. The third kappa shape index (κ3) is 2.34. The SMILES string of the molecule is CC[C@@H](N)c1nc(-c2ccc(F)cc2C)no1. The van der Waals surface area contributed by atoms with Crippen LogP contribution in [0.1, 0.15) is 30.8 Å². The van der Waals surface area contributed by atoms with Crippen LogP contribution >= 0.6 is 0 Å². The number of nitrogens with two attached hydrogens (primary N) is 1. The smallest absolute Gasteiger partial charge is 0.243 e. The number of halogens is 1. The second-order valence-corrected chi connectivity index (χ2v) is 3.93. The Hall–Kier alpha value is -1.75. The molecule has 4 nitrogen and oxygen atoms in total. The van der Waals surface area contributed by atoms with E-state index in [2.05, 4.69) is 10.1 Å². The van der Waals surface area contributed by atoms with Gasteiger partial charge in [0.1, 0.15) is 5.82 Å². The van der Waals surface area contributed by atoms with Gasteiger partial charge in [-0.05, 0) is 37.1 Å². The normalized spacial score (nSPS) is 12.7. The summed E-state index contributed by atoms with van der Waals surface area (Å²) in [5.74, 6) is 0.577. The minimum absolute atomic E-state index is 0.253. The van der Waals surface area contributed by atoms with Crippen LogP contribution in [0, 0.1) is 12.7 Å². The van der Waals surface area contributed by atoms with Gasteiger partial charge in [-0.2, -0.15) is 4.98 Å². The Labute approximate surface area is 98.6 Å². The zero-order valence-electron chi connectivity index (χ0n) is 9.77. The predicted octanol–water partition coefficient (Wildman–Crippen LogP) is 2.59. The van der Waals surface area contributed by atoms with Crippen LogP contribution in [0.2, 0.25) is 0 Å². The molecule has 0 saturated carbocycles. The van der Waals surface area contributed by atoms with Crippen molar-refractivity contribution in [2.75, 3.05) is 0 Å². The highest BCUT2D eigenvalue weighted by atomic mass is 19.1. The first-order valence-electron chi connectivity index (χ1n) is 5.47. The zero-order chi connectivity index (χ0) is 12.4. The van der Waals surface area contributed by atoms with Crippen molar-refractivity contribution in [3.63, 3.8) is 0 Å². The van der Waals surface area contributed by atoms with Crippen molar-refractivity contribution < 1.29 is 8.91 Å². The number of nitrogens with zero attached hydrogens (tertiary/aromatic N) is 2. The van der Waals surface area contributed by atoms with Gasteiger partial charge in [-0.3, -0.25) is 0 Å². The van der Waals surface area contributed by atoms with E-state index in [0.29, 0.717) is 11.7 Å². The van der Waals surface area contributed by atoms with E-state index in [1.165, 1.54) is 12.1 Å². The largest absolute Gasteiger partial charge is 0.337 e. The Bertz CT molecular complexity index is 524. The number of hydrogen-bond acceptors (Lipinski definition) is 4. The van der Waals surface area contributed by atoms with E-state index in [1.807, 2.05) is 6.92 Å². The summed E-state index contributed by atoms with van der Waals surface area (Å²) in [5, 5.41) is 3.86. The quantitative estimate of drug-likeness (QED) is 0.888. The Morgan fingerprint density at radius 2 is 2.24 bits per heavy atom. The maximum absolute atomic E-state index is 13.0. The summed E-state index contributed by atoms with van der Waals surface area (Å²) in [7, 11) is 0. The molecule has 90 valence electrons. The van der Waals surface area contributed by atoms with Gasteiger partial charge in [0.05, 0.1) is 6.04 Å². The molecule has 0 spiro atoms. The van der Waals surface area contributed by atoms with Crippen molar-refractivity contribution in [2.24, 2.45) is 5.73 Å². The van der Waals surface area contributed by atoms with Crippen LogP contribution < -0.4 is 5.73 Å². The second-order valence-electron chi connectivity index (χ2n) is 3.93. The average molecular weight is 235 g/mol. The summed E-state index contributed by atoms with van der Waals surface area (Å²) in [6.07, 6.45) is 0.726. The molecule has 2 rings (SSSR count). The molecule has 0 aliphatic heterocycles. The maximum atomic E-state index is 13.0. The monoisotopic (exact) mass is 235 g/mol. The molecule has 1 atom stereocenters. The van der Waals surface area contributed by atoms with Gasteiger partial charge in [0, 0.05) is 5.56 Å². The van der Waals surface area contributed by atoms with Crippen molar-refractivity contribution in [1.82, 2.24) is 10.1 Å². The number of hydrogen-bond donors (Lipinski definition) is 1. The third-order valence-electron chi connectivity index (χ3n) is 2.63. The van der Waals surface area contributed by atoms with Gasteiger partial charge in [0.25, 0.3) is 0 Å². The Kier molecular flexibility index (Phi) is 3.19. The molecular weight excluding hydrogens is 221 g/mol. The predicted molar refractivity (Wildman–Crippen MR) is 61.6 cm³/mol. The summed E-state index contributed by atoms with van der Waals surface area (Å²) < 4.78 is 18.0. The molecule has 17 heavy (non-hydrogen) atoms.